The zero-order valence-electron chi connectivity index (χ0n) is 11.2. The van der Waals surface area contributed by atoms with E-state index in [9.17, 15) is 0 Å². The Hall–Kier alpha value is -0.0400. The predicted octanol–water partition coefficient (Wildman–Crippen LogP) is 3.69. The SMILES string of the molecule is CC(C)CC(CC(C)C)NCC1CC1C. The van der Waals surface area contributed by atoms with E-state index in [1.165, 1.54) is 25.8 Å². The first-order valence-electron chi connectivity index (χ1n) is 6.72. The zero-order valence-corrected chi connectivity index (χ0v) is 11.2. The van der Waals surface area contributed by atoms with Gasteiger partial charge in [0.1, 0.15) is 0 Å². The normalized spacial score (nSPS) is 25.6. The number of rotatable bonds is 7. The van der Waals surface area contributed by atoms with E-state index in [4.69, 9.17) is 0 Å². The van der Waals surface area contributed by atoms with Crippen molar-refractivity contribution in [1.29, 1.82) is 0 Å². The van der Waals surface area contributed by atoms with Gasteiger partial charge in [0.05, 0.1) is 0 Å². The second kappa shape index (κ2) is 5.89. The van der Waals surface area contributed by atoms with E-state index in [0.29, 0.717) is 0 Å². The molecule has 0 aromatic heterocycles. The maximum Gasteiger partial charge on any atom is 0.00720 e. The van der Waals surface area contributed by atoms with Crippen molar-refractivity contribution in [3.63, 3.8) is 0 Å². The van der Waals surface area contributed by atoms with Crippen molar-refractivity contribution in [1.82, 2.24) is 5.32 Å². The molecule has 0 spiro atoms. The highest BCUT2D eigenvalue weighted by molar-refractivity contribution is 4.85. The zero-order chi connectivity index (χ0) is 11.4. The summed E-state index contributed by atoms with van der Waals surface area (Å²) in [4.78, 5) is 0. The van der Waals surface area contributed by atoms with Crippen molar-refractivity contribution < 1.29 is 0 Å². The Morgan fingerprint density at radius 3 is 1.87 bits per heavy atom. The minimum absolute atomic E-state index is 0.748. The van der Waals surface area contributed by atoms with Gasteiger partial charge in [-0.15, -0.1) is 0 Å². The van der Waals surface area contributed by atoms with Crippen LogP contribution in [0.3, 0.4) is 0 Å². The minimum atomic E-state index is 0.748. The smallest absolute Gasteiger partial charge is 0.00720 e. The summed E-state index contributed by atoms with van der Waals surface area (Å²) in [6, 6.07) is 0.748. The summed E-state index contributed by atoms with van der Waals surface area (Å²) in [5, 5.41) is 3.77. The van der Waals surface area contributed by atoms with E-state index in [-0.39, 0.29) is 0 Å². The third kappa shape index (κ3) is 5.55. The van der Waals surface area contributed by atoms with E-state index in [1.54, 1.807) is 0 Å². The topological polar surface area (TPSA) is 12.0 Å². The van der Waals surface area contributed by atoms with Crippen LogP contribution in [0.5, 0.6) is 0 Å². The first kappa shape index (κ1) is 13.0. The summed E-state index contributed by atoms with van der Waals surface area (Å²) in [7, 11) is 0. The molecule has 0 aromatic carbocycles. The second-order valence-electron chi connectivity index (χ2n) is 6.34. The fraction of sp³-hybridized carbons (Fsp3) is 1.00. The molecular formula is C14H29N. The first-order valence-corrected chi connectivity index (χ1v) is 6.72. The van der Waals surface area contributed by atoms with Gasteiger partial charge in [-0.05, 0) is 49.5 Å². The molecule has 15 heavy (non-hydrogen) atoms. The standard InChI is InChI=1S/C14H29N/c1-10(2)6-14(7-11(3)4)15-9-13-8-12(13)5/h10-15H,6-9H2,1-5H3. The van der Waals surface area contributed by atoms with Gasteiger partial charge in [0.15, 0.2) is 0 Å². The van der Waals surface area contributed by atoms with Gasteiger partial charge < -0.3 is 5.32 Å². The first-order chi connectivity index (χ1) is 6.99. The fourth-order valence-corrected chi connectivity index (χ4v) is 2.40. The van der Waals surface area contributed by atoms with E-state index in [2.05, 4.69) is 39.9 Å². The van der Waals surface area contributed by atoms with Gasteiger partial charge in [-0.25, -0.2) is 0 Å². The molecule has 1 N–H and O–H groups in total. The molecule has 1 aliphatic carbocycles. The molecule has 0 bridgehead atoms. The highest BCUT2D eigenvalue weighted by Gasteiger charge is 2.32. The van der Waals surface area contributed by atoms with E-state index >= 15 is 0 Å². The summed E-state index contributed by atoms with van der Waals surface area (Å²) in [5.41, 5.74) is 0. The van der Waals surface area contributed by atoms with Crippen LogP contribution in [-0.4, -0.2) is 12.6 Å². The van der Waals surface area contributed by atoms with Gasteiger partial charge in [0, 0.05) is 6.04 Å². The Morgan fingerprint density at radius 1 is 1.07 bits per heavy atom. The molecule has 1 heteroatoms. The molecule has 0 aliphatic heterocycles. The molecule has 90 valence electrons. The molecule has 1 fully saturated rings. The minimum Gasteiger partial charge on any atom is -0.314 e. The van der Waals surface area contributed by atoms with Crippen molar-refractivity contribution >= 4 is 0 Å². The Balaban J connectivity index is 2.21. The summed E-state index contributed by atoms with van der Waals surface area (Å²) in [5.74, 6) is 3.60. The lowest BCUT2D eigenvalue weighted by Crippen LogP contribution is -2.33. The summed E-state index contributed by atoms with van der Waals surface area (Å²) < 4.78 is 0. The Morgan fingerprint density at radius 2 is 1.53 bits per heavy atom. The fourth-order valence-electron chi connectivity index (χ4n) is 2.40. The highest BCUT2D eigenvalue weighted by atomic mass is 14.9. The lowest BCUT2D eigenvalue weighted by Gasteiger charge is -2.22. The van der Waals surface area contributed by atoms with Crippen LogP contribution in [0.2, 0.25) is 0 Å². The van der Waals surface area contributed by atoms with Gasteiger partial charge in [-0.3, -0.25) is 0 Å². The Bertz CT molecular complexity index is 164. The molecule has 0 heterocycles. The van der Waals surface area contributed by atoms with E-state index in [0.717, 1.165) is 29.7 Å². The quantitative estimate of drug-likeness (QED) is 0.677. The van der Waals surface area contributed by atoms with Crippen molar-refractivity contribution in [2.45, 2.75) is 59.9 Å². The van der Waals surface area contributed by atoms with Gasteiger partial charge in [-0.1, -0.05) is 34.6 Å². The summed E-state index contributed by atoms with van der Waals surface area (Å²) in [6.07, 6.45) is 4.11. The van der Waals surface area contributed by atoms with Crippen LogP contribution in [0.15, 0.2) is 0 Å². The average Bonchev–Trinajstić information content (AvgIpc) is 2.76. The number of hydrogen-bond donors (Lipinski definition) is 1. The Kier molecular flexibility index (Phi) is 5.11. The molecule has 0 saturated heterocycles. The summed E-state index contributed by atoms with van der Waals surface area (Å²) >= 11 is 0. The van der Waals surface area contributed by atoms with Crippen LogP contribution in [0.25, 0.3) is 0 Å². The lowest BCUT2D eigenvalue weighted by atomic mass is 9.95. The number of nitrogens with one attached hydrogen (secondary N) is 1. The van der Waals surface area contributed by atoms with Gasteiger partial charge >= 0.3 is 0 Å². The van der Waals surface area contributed by atoms with E-state index in [1.807, 2.05) is 0 Å². The third-order valence-corrected chi connectivity index (χ3v) is 3.46. The van der Waals surface area contributed by atoms with Gasteiger partial charge in [0.2, 0.25) is 0 Å². The van der Waals surface area contributed by atoms with Crippen LogP contribution in [0.1, 0.15) is 53.9 Å². The maximum absolute atomic E-state index is 3.77. The van der Waals surface area contributed by atoms with Crippen molar-refractivity contribution in [2.24, 2.45) is 23.7 Å². The molecule has 1 nitrogen and oxygen atoms in total. The molecule has 1 saturated carbocycles. The highest BCUT2D eigenvalue weighted by Crippen LogP contribution is 2.37. The molecule has 0 radical (unpaired) electrons. The van der Waals surface area contributed by atoms with Crippen molar-refractivity contribution in [3.05, 3.63) is 0 Å². The molecule has 0 aromatic rings. The molecule has 2 unspecified atom stereocenters. The monoisotopic (exact) mass is 211 g/mol. The second-order valence-corrected chi connectivity index (χ2v) is 6.34. The summed E-state index contributed by atoms with van der Waals surface area (Å²) in [6.45, 7) is 12.9. The van der Waals surface area contributed by atoms with E-state index < -0.39 is 0 Å². The van der Waals surface area contributed by atoms with Crippen LogP contribution >= 0.6 is 0 Å². The van der Waals surface area contributed by atoms with Crippen molar-refractivity contribution in [3.8, 4) is 0 Å². The molecule has 1 aliphatic rings. The van der Waals surface area contributed by atoms with Crippen LogP contribution in [0, 0.1) is 23.7 Å². The van der Waals surface area contributed by atoms with Gasteiger partial charge in [-0.2, -0.15) is 0 Å². The number of hydrogen-bond acceptors (Lipinski definition) is 1. The molecule has 0 amide bonds. The lowest BCUT2D eigenvalue weighted by molar-refractivity contribution is 0.354. The molecule has 2 atom stereocenters. The third-order valence-electron chi connectivity index (χ3n) is 3.46. The van der Waals surface area contributed by atoms with Crippen LogP contribution in [-0.2, 0) is 0 Å². The predicted molar refractivity (Wildman–Crippen MR) is 68.0 cm³/mol. The molecular weight excluding hydrogens is 182 g/mol. The average molecular weight is 211 g/mol. The van der Waals surface area contributed by atoms with Crippen LogP contribution < -0.4 is 5.32 Å². The largest absolute Gasteiger partial charge is 0.314 e. The van der Waals surface area contributed by atoms with Crippen LogP contribution in [0.4, 0.5) is 0 Å². The Labute approximate surface area is 96.0 Å². The van der Waals surface area contributed by atoms with Gasteiger partial charge in [0.25, 0.3) is 0 Å². The van der Waals surface area contributed by atoms with Crippen molar-refractivity contribution in [2.75, 3.05) is 6.54 Å². The molecule has 1 rings (SSSR count). The maximum atomic E-state index is 3.77.